The molecule has 1 amide bonds. The van der Waals surface area contributed by atoms with Crippen LogP contribution in [0.15, 0.2) is 29.4 Å². The largest absolute Gasteiger partial charge is 0.490 e. The fourth-order valence-corrected chi connectivity index (χ4v) is 2.61. The van der Waals surface area contributed by atoms with Crippen molar-refractivity contribution in [1.29, 1.82) is 0 Å². The fraction of sp³-hybridized carbons (Fsp3) is 0.421. The molecule has 2 aromatic rings. The Kier molecular flexibility index (Phi) is 7.72. The number of hydrogen-bond donors (Lipinski definition) is 1. The van der Waals surface area contributed by atoms with Gasteiger partial charge in [-0.05, 0) is 44.2 Å². The van der Waals surface area contributed by atoms with Crippen LogP contribution in [0.4, 0.5) is 5.69 Å². The highest BCUT2D eigenvalue weighted by molar-refractivity contribution is 7.98. The number of aromatic nitrogens is 2. The molecule has 1 heterocycles. The van der Waals surface area contributed by atoms with Gasteiger partial charge in [0, 0.05) is 17.4 Å². The predicted molar refractivity (Wildman–Crippen MR) is 105 cm³/mol. The van der Waals surface area contributed by atoms with Gasteiger partial charge < -0.3 is 14.8 Å². The van der Waals surface area contributed by atoms with Crippen molar-refractivity contribution in [2.45, 2.75) is 38.8 Å². The Hall–Kier alpha value is -2.28. The highest BCUT2D eigenvalue weighted by Gasteiger charge is 2.13. The van der Waals surface area contributed by atoms with E-state index in [2.05, 4.69) is 15.3 Å². The fourth-order valence-electron chi connectivity index (χ4n) is 2.19. The summed E-state index contributed by atoms with van der Waals surface area (Å²) < 4.78 is 11.5. The van der Waals surface area contributed by atoms with Crippen LogP contribution in [-0.4, -0.2) is 35.3 Å². The summed E-state index contributed by atoms with van der Waals surface area (Å²) in [5.41, 5.74) is 1.72. The lowest BCUT2D eigenvalue weighted by Crippen LogP contribution is -2.15. The molecule has 0 radical (unpaired) electrons. The van der Waals surface area contributed by atoms with E-state index in [0.29, 0.717) is 41.3 Å². The number of nitrogens with zero attached hydrogens (tertiary/aromatic N) is 2. The number of hydrogen-bond acceptors (Lipinski definition) is 6. The Morgan fingerprint density at radius 2 is 1.77 bits per heavy atom. The van der Waals surface area contributed by atoms with Crippen LogP contribution in [0.5, 0.6) is 11.5 Å². The van der Waals surface area contributed by atoms with Crippen molar-refractivity contribution in [3.05, 3.63) is 35.7 Å². The van der Waals surface area contributed by atoms with E-state index in [1.54, 1.807) is 18.2 Å². The lowest BCUT2D eigenvalue weighted by atomic mass is 10.2. The van der Waals surface area contributed by atoms with Crippen LogP contribution >= 0.6 is 11.8 Å². The van der Waals surface area contributed by atoms with E-state index >= 15 is 0 Å². The van der Waals surface area contributed by atoms with Gasteiger partial charge in [-0.3, -0.25) is 4.79 Å². The molecule has 1 N–H and O–H groups in total. The van der Waals surface area contributed by atoms with Crippen molar-refractivity contribution < 1.29 is 14.3 Å². The Morgan fingerprint density at radius 1 is 1.08 bits per heavy atom. The van der Waals surface area contributed by atoms with E-state index < -0.39 is 0 Å². The van der Waals surface area contributed by atoms with Crippen LogP contribution in [0.3, 0.4) is 0 Å². The number of aryl methyl sites for hydroxylation is 1. The van der Waals surface area contributed by atoms with Crippen LogP contribution < -0.4 is 14.8 Å². The quantitative estimate of drug-likeness (QED) is 0.519. The van der Waals surface area contributed by atoms with Crippen molar-refractivity contribution in [1.82, 2.24) is 9.97 Å². The topological polar surface area (TPSA) is 73.3 Å². The van der Waals surface area contributed by atoms with E-state index in [-0.39, 0.29) is 5.91 Å². The zero-order valence-corrected chi connectivity index (χ0v) is 16.5. The maximum Gasteiger partial charge on any atom is 0.274 e. The summed E-state index contributed by atoms with van der Waals surface area (Å²) in [5.74, 6) is 1.03. The summed E-state index contributed by atoms with van der Waals surface area (Å²) in [6.45, 7) is 7.13. The van der Waals surface area contributed by atoms with Gasteiger partial charge in [-0.15, -0.1) is 0 Å². The summed E-state index contributed by atoms with van der Waals surface area (Å²) in [7, 11) is 0. The first kappa shape index (κ1) is 20.0. The van der Waals surface area contributed by atoms with Gasteiger partial charge in [0.1, 0.15) is 5.69 Å². The average Bonchev–Trinajstić information content (AvgIpc) is 2.64. The maximum absolute atomic E-state index is 12.5. The standard InChI is InChI=1S/C19H25N3O3S/c1-5-9-24-16-8-7-14(12-17(16)25-10-6-2)21-18(23)15-11-13(3)20-19(22-15)26-4/h7-8,11-12H,5-6,9-10H2,1-4H3,(H,21,23). The lowest BCUT2D eigenvalue weighted by Gasteiger charge is -2.14. The number of rotatable bonds is 9. The van der Waals surface area contributed by atoms with Gasteiger partial charge in [-0.1, -0.05) is 25.6 Å². The van der Waals surface area contributed by atoms with Crippen LogP contribution in [0.25, 0.3) is 0 Å². The number of ether oxygens (including phenoxy) is 2. The average molecular weight is 375 g/mol. The molecule has 140 valence electrons. The molecule has 0 spiro atoms. The molecule has 0 unspecified atom stereocenters. The molecule has 0 aliphatic carbocycles. The molecular weight excluding hydrogens is 350 g/mol. The van der Waals surface area contributed by atoms with Crippen molar-refractivity contribution in [2.24, 2.45) is 0 Å². The van der Waals surface area contributed by atoms with Crippen molar-refractivity contribution >= 4 is 23.4 Å². The monoisotopic (exact) mass is 375 g/mol. The molecule has 6 nitrogen and oxygen atoms in total. The Labute approximate surface area is 158 Å². The molecule has 0 saturated carbocycles. The summed E-state index contributed by atoms with van der Waals surface area (Å²) in [5, 5.41) is 3.44. The Balaban J connectivity index is 2.19. The lowest BCUT2D eigenvalue weighted by molar-refractivity contribution is 0.102. The van der Waals surface area contributed by atoms with Gasteiger partial charge in [0.2, 0.25) is 0 Å². The molecule has 1 aromatic carbocycles. The molecule has 0 aliphatic rings. The van der Waals surface area contributed by atoms with Gasteiger partial charge in [-0.25, -0.2) is 9.97 Å². The van der Waals surface area contributed by atoms with Gasteiger partial charge in [0.15, 0.2) is 16.7 Å². The smallest absolute Gasteiger partial charge is 0.274 e. The second-order valence-corrected chi connectivity index (χ2v) is 6.47. The van der Waals surface area contributed by atoms with Gasteiger partial charge in [0.05, 0.1) is 13.2 Å². The second-order valence-electron chi connectivity index (χ2n) is 5.69. The highest BCUT2D eigenvalue weighted by atomic mass is 32.2. The molecule has 0 atom stereocenters. The summed E-state index contributed by atoms with van der Waals surface area (Å²) in [6, 6.07) is 7.06. The van der Waals surface area contributed by atoms with Crippen LogP contribution in [0.1, 0.15) is 42.9 Å². The van der Waals surface area contributed by atoms with E-state index in [9.17, 15) is 4.79 Å². The predicted octanol–water partition coefficient (Wildman–Crippen LogP) is 4.34. The summed E-state index contributed by atoms with van der Waals surface area (Å²) >= 11 is 1.40. The van der Waals surface area contributed by atoms with E-state index in [4.69, 9.17) is 9.47 Å². The molecule has 1 aromatic heterocycles. The molecule has 0 bridgehead atoms. The number of benzene rings is 1. The number of anilines is 1. The zero-order valence-electron chi connectivity index (χ0n) is 15.7. The van der Waals surface area contributed by atoms with E-state index in [1.165, 1.54) is 11.8 Å². The number of carbonyl (C=O) groups is 1. The molecule has 2 rings (SSSR count). The maximum atomic E-state index is 12.5. The first-order valence-electron chi connectivity index (χ1n) is 8.68. The second kappa shape index (κ2) is 10.0. The van der Waals surface area contributed by atoms with Gasteiger partial charge >= 0.3 is 0 Å². The van der Waals surface area contributed by atoms with Crippen molar-refractivity contribution in [2.75, 3.05) is 24.8 Å². The number of amides is 1. The molecule has 26 heavy (non-hydrogen) atoms. The van der Waals surface area contributed by atoms with Crippen LogP contribution in [-0.2, 0) is 0 Å². The normalized spacial score (nSPS) is 10.5. The van der Waals surface area contributed by atoms with Gasteiger partial charge in [0.25, 0.3) is 5.91 Å². The minimum Gasteiger partial charge on any atom is -0.490 e. The molecule has 0 fully saturated rings. The number of carbonyl (C=O) groups excluding carboxylic acids is 1. The van der Waals surface area contributed by atoms with Crippen molar-refractivity contribution in [3.63, 3.8) is 0 Å². The Bertz CT molecular complexity index is 753. The third-order valence-electron chi connectivity index (χ3n) is 3.37. The van der Waals surface area contributed by atoms with E-state index in [1.807, 2.05) is 33.1 Å². The third kappa shape index (κ3) is 5.62. The van der Waals surface area contributed by atoms with Gasteiger partial charge in [-0.2, -0.15) is 0 Å². The summed E-state index contributed by atoms with van der Waals surface area (Å²) in [6.07, 6.45) is 3.68. The molecule has 0 aliphatic heterocycles. The third-order valence-corrected chi connectivity index (χ3v) is 3.92. The van der Waals surface area contributed by atoms with Crippen LogP contribution in [0.2, 0.25) is 0 Å². The molecular formula is C19H25N3O3S. The molecule has 7 heteroatoms. The van der Waals surface area contributed by atoms with Crippen LogP contribution in [0, 0.1) is 6.92 Å². The minimum absolute atomic E-state index is 0.283. The Morgan fingerprint density at radius 3 is 2.42 bits per heavy atom. The number of thioether (sulfide) groups is 1. The summed E-state index contributed by atoms with van der Waals surface area (Å²) in [4.78, 5) is 21.1. The first-order chi connectivity index (χ1) is 12.6. The first-order valence-corrected chi connectivity index (χ1v) is 9.90. The zero-order chi connectivity index (χ0) is 18.9. The van der Waals surface area contributed by atoms with E-state index in [0.717, 1.165) is 18.5 Å². The highest BCUT2D eigenvalue weighted by Crippen LogP contribution is 2.31. The minimum atomic E-state index is -0.283. The van der Waals surface area contributed by atoms with Crippen molar-refractivity contribution in [3.8, 4) is 11.5 Å². The SMILES string of the molecule is CCCOc1ccc(NC(=O)c2cc(C)nc(SC)n2)cc1OCCC. The number of nitrogens with one attached hydrogen (secondary N) is 1. The molecule has 0 saturated heterocycles.